The lowest BCUT2D eigenvalue weighted by Crippen LogP contribution is -2.43. The van der Waals surface area contributed by atoms with E-state index in [4.69, 9.17) is 0 Å². The fraction of sp³-hybridized carbons (Fsp3) is 0.227. The molecule has 9 heteroatoms. The molecule has 0 spiro atoms. The van der Waals surface area contributed by atoms with E-state index in [9.17, 15) is 31.1 Å². The van der Waals surface area contributed by atoms with Crippen LogP contribution in [0.3, 0.4) is 0 Å². The maximum Gasteiger partial charge on any atom is 0.416 e. The molecule has 0 saturated carbocycles. The Bertz CT molecular complexity index is 994. The van der Waals surface area contributed by atoms with Crippen molar-refractivity contribution in [3.63, 3.8) is 0 Å². The molecular formula is C22H16BrF6NO. The van der Waals surface area contributed by atoms with Crippen molar-refractivity contribution in [2.24, 2.45) is 0 Å². The number of amides is 1. The summed E-state index contributed by atoms with van der Waals surface area (Å²) in [6.07, 6.45) is -4.39. The van der Waals surface area contributed by atoms with Crippen molar-refractivity contribution in [2.75, 3.05) is 0 Å². The van der Waals surface area contributed by atoms with Gasteiger partial charge in [0.2, 0.25) is 5.91 Å². The third-order valence-corrected chi connectivity index (χ3v) is 5.88. The minimum Gasteiger partial charge on any atom is -0.350 e. The Hall–Kier alpha value is -2.55. The van der Waals surface area contributed by atoms with Crippen LogP contribution in [0.25, 0.3) is 5.57 Å². The minimum absolute atomic E-state index is 0.0550. The maximum absolute atomic E-state index is 13.0. The summed E-state index contributed by atoms with van der Waals surface area (Å²) in [5.41, 5.74) is -1.76. The number of rotatable bonds is 4. The fourth-order valence-corrected chi connectivity index (χ4v) is 3.93. The van der Waals surface area contributed by atoms with Crippen LogP contribution in [-0.4, -0.2) is 10.2 Å². The second-order valence-electron chi connectivity index (χ2n) is 6.98. The number of alkyl halides is 7. The van der Waals surface area contributed by atoms with Crippen LogP contribution in [0.1, 0.15) is 28.7 Å². The molecule has 31 heavy (non-hydrogen) atoms. The zero-order chi connectivity index (χ0) is 22.9. The second-order valence-corrected chi connectivity index (χ2v) is 8.33. The van der Waals surface area contributed by atoms with Crippen LogP contribution < -0.4 is 5.32 Å². The Morgan fingerprint density at radius 1 is 0.968 bits per heavy atom. The van der Waals surface area contributed by atoms with E-state index in [0.29, 0.717) is 17.7 Å². The highest BCUT2D eigenvalue weighted by Crippen LogP contribution is 2.41. The number of benzene rings is 2. The monoisotopic (exact) mass is 503 g/mol. The van der Waals surface area contributed by atoms with Gasteiger partial charge in [-0.05, 0) is 41.3 Å². The second kappa shape index (κ2) is 8.53. The summed E-state index contributed by atoms with van der Waals surface area (Å²) in [5.74, 6) is -0.571. The van der Waals surface area contributed by atoms with Crippen LogP contribution in [-0.2, 0) is 23.7 Å². The average molecular weight is 504 g/mol. The van der Waals surface area contributed by atoms with E-state index >= 15 is 0 Å². The van der Waals surface area contributed by atoms with E-state index in [1.165, 1.54) is 0 Å². The van der Waals surface area contributed by atoms with E-state index in [0.717, 1.165) is 5.56 Å². The van der Waals surface area contributed by atoms with Crippen molar-refractivity contribution in [1.29, 1.82) is 0 Å². The summed E-state index contributed by atoms with van der Waals surface area (Å²) in [4.78, 5) is 13.0. The van der Waals surface area contributed by atoms with Crippen LogP contribution in [0.15, 0.2) is 66.8 Å². The summed E-state index contributed by atoms with van der Waals surface area (Å²) in [6.45, 7) is -0.495. The molecule has 0 aliphatic heterocycles. The van der Waals surface area contributed by atoms with E-state index < -0.39 is 40.3 Å². The molecule has 2 aromatic rings. The van der Waals surface area contributed by atoms with Gasteiger partial charge in [-0.1, -0.05) is 64.5 Å². The number of nitrogens with one attached hydrogen (secondary N) is 1. The van der Waals surface area contributed by atoms with Crippen molar-refractivity contribution < 1.29 is 31.1 Å². The van der Waals surface area contributed by atoms with Gasteiger partial charge in [0.15, 0.2) is 0 Å². The van der Waals surface area contributed by atoms with Gasteiger partial charge in [-0.15, -0.1) is 0 Å². The van der Waals surface area contributed by atoms with Gasteiger partial charge in [-0.3, -0.25) is 4.79 Å². The van der Waals surface area contributed by atoms with E-state index in [1.807, 2.05) is 6.07 Å². The van der Waals surface area contributed by atoms with Crippen molar-refractivity contribution in [2.45, 2.75) is 29.6 Å². The lowest BCUT2D eigenvalue weighted by Gasteiger charge is -2.30. The highest BCUT2D eigenvalue weighted by atomic mass is 79.9. The van der Waals surface area contributed by atoms with Gasteiger partial charge < -0.3 is 5.32 Å². The van der Waals surface area contributed by atoms with Gasteiger partial charge in [0.1, 0.15) is 4.32 Å². The van der Waals surface area contributed by atoms with E-state index in [1.54, 1.807) is 42.5 Å². The Labute approximate surface area is 182 Å². The molecule has 2 aromatic carbocycles. The largest absolute Gasteiger partial charge is 0.416 e. The van der Waals surface area contributed by atoms with Crippen molar-refractivity contribution in [3.8, 4) is 0 Å². The first-order valence-corrected chi connectivity index (χ1v) is 9.89. The molecule has 0 bridgehead atoms. The Morgan fingerprint density at radius 2 is 1.55 bits per heavy atom. The van der Waals surface area contributed by atoms with Gasteiger partial charge in [0.25, 0.3) is 0 Å². The first-order chi connectivity index (χ1) is 14.4. The molecule has 0 aromatic heterocycles. The standard InChI is InChI=1S/C22H16BrF6NO/c23-20(9-5-4-8-18(20)15-6-2-1-3-7-15)19(31)30-13-14-10-16(21(24,25)26)12-17(11-14)22(27,28)29/h1-8,10-12H,9,13H2,(H,30,31). The van der Waals surface area contributed by atoms with E-state index in [-0.39, 0.29) is 18.1 Å². The number of hydrogen-bond donors (Lipinski definition) is 1. The highest BCUT2D eigenvalue weighted by Gasteiger charge is 2.40. The SMILES string of the molecule is O=C(NCc1cc(C(F)(F)F)cc(C(F)(F)F)c1)C1(Br)CC=CC=C1c1ccccc1. The lowest BCUT2D eigenvalue weighted by atomic mass is 9.85. The number of carbonyl (C=O) groups excluding carboxylic acids is 1. The molecule has 1 aliphatic carbocycles. The third kappa shape index (κ3) is 5.20. The van der Waals surface area contributed by atoms with Gasteiger partial charge >= 0.3 is 12.4 Å². The minimum atomic E-state index is -4.95. The van der Waals surface area contributed by atoms with Crippen molar-refractivity contribution in [1.82, 2.24) is 5.32 Å². The predicted octanol–water partition coefficient (Wildman–Crippen LogP) is 6.52. The molecule has 164 valence electrons. The molecule has 3 rings (SSSR count). The van der Waals surface area contributed by atoms with Crippen molar-refractivity contribution >= 4 is 27.4 Å². The summed E-state index contributed by atoms with van der Waals surface area (Å²) in [7, 11) is 0. The molecule has 1 unspecified atom stereocenters. The molecule has 1 amide bonds. The van der Waals surface area contributed by atoms with E-state index in [2.05, 4.69) is 21.2 Å². The van der Waals surface area contributed by atoms with Gasteiger partial charge in [-0.25, -0.2) is 0 Å². The number of carbonyl (C=O) groups is 1. The predicted molar refractivity (Wildman–Crippen MR) is 108 cm³/mol. The lowest BCUT2D eigenvalue weighted by molar-refractivity contribution is -0.143. The zero-order valence-corrected chi connectivity index (χ0v) is 17.4. The van der Waals surface area contributed by atoms with Crippen LogP contribution in [0, 0.1) is 0 Å². The van der Waals surface area contributed by atoms with Gasteiger partial charge in [0.05, 0.1) is 11.1 Å². The quantitative estimate of drug-likeness (QED) is 0.373. The van der Waals surface area contributed by atoms with Gasteiger partial charge in [-0.2, -0.15) is 26.3 Å². The molecule has 0 fully saturated rings. The molecule has 0 saturated heterocycles. The van der Waals surface area contributed by atoms with Gasteiger partial charge in [0, 0.05) is 6.54 Å². The smallest absolute Gasteiger partial charge is 0.350 e. The number of hydrogen-bond acceptors (Lipinski definition) is 1. The topological polar surface area (TPSA) is 29.1 Å². The molecule has 0 radical (unpaired) electrons. The number of halogens is 7. The Kier molecular flexibility index (Phi) is 6.36. The Balaban J connectivity index is 1.86. The molecule has 1 atom stereocenters. The molecule has 2 nitrogen and oxygen atoms in total. The highest BCUT2D eigenvalue weighted by molar-refractivity contribution is 9.10. The average Bonchev–Trinajstić information content (AvgIpc) is 2.71. The Morgan fingerprint density at radius 3 is 2.10 bits per heavy atom. The normalized spacial score (nSPS) is 19.1. The molecular weight excluding hydrogens is 488 g/mol. The first-order valence-electron chi connectivity index (χ1n) is 9.09. The van der Waals surface area contributed by atoms with Crippen LogP contribution >= 0.6 is 15.9 Å². The third-order valence-electron chi connectivity index (χ3n) is 4.77. The van der Waals surface area contributed by atoms with Crippen LogP contribution in [0.5, 0.6) is 0 Å². The van der Waals surface area contributed by atoms with Crippen LogP contribution in [0.2, 0.25) is 0 Å². The van der Waals surface area contributed by atoms with Crippen molar-refractivity contribution in [3.05, 3.63) is 89.0 Å². The van der Waals surface area contributed by atoms with Crippen LogP contribution in [0.4, 0.5) is 26.3 Å². The summed E-state index contributed by atoms with van der Waals surface area (Å²) >= 11 is 3.44. The number of allylic oxidation sites excluding steroid dienone is 3. The molecule has 1 N–H and O–H groups in total. The summed E-state index contributed by atoms with van der Waals surface area (Å²) in [5, 5.41) is 2.47. The summed E-state index contributed by atoms with van der Waals surface area (Å²) in [6, 6.07) is 10.3. The fourth-order valence-electron chi connectivity index (χ4n) is 3.24. The molecule has 1 aliphatic rings. The maximum atomic E-state index is 13.0. The summed E-state index contributed by atoms with van der Waals surface area (Å²) < 4.78 is 77.1. The zero-order valence-electron chi connectivity index (χ0n) is 15.8. The molecule has 0 heterocycles. The first kappa shape index (κ1) is 23.1.